The van der Waals surface area contributed by atoms with Crippen LogP contribution in [0.1, 0.15) is 50.4 Å². The molecule has 2 heterocycles. The fourth-order valence-electron chi connectivity index (χ4n) is 4.41. The normalized spacial score (nSPS) is 16.2. The van der Waals surface area contributed by atoms with Gasteiger partial charge in [0.15, 0.2) is 0 Å². The number of carbonyl (C=O) groups is 1. The van der Waals surface area contributed by atoms with Crippen molar-refractivity contribution in [3.63, 3.8) is 0 Å². The summed E-state index contributed by atoms with van der Waals surface area (Å²) in [5.41, 5.74) is 1.28. The maximum Gasteiger partial charge on any atom is 0.410 e. The summed E-state index contributed by atoms with van der Waals surface area (Å²) in [5.74, 6) is 0.319. The molecule has 11 nitrogen and oxygen atoms in total. The minimum atomic E-state index is -0.610. The quantitative estimate of drug-likeness (QED) is 0.362. The minimum Gasteiger partial charge on any atom is -0.472 e. The molecule has 37 heavy (non-hydrogen) atoms. The minimum absolute atomic E-state index is 0.0163. The summed E-state index contributed by atoms with van der Waals surface area (Å²) < 4.78 is 17.6. The number of hydrogen-bond donors (Lipinski definition) is 0. The first-order valence-corrected chi connectivity index (χ1v) is 12.5. The molecule has 1 saturated carbocycles. The number of rotatable bonds is 9. The van der Waals surface area contributed by atoms with Crippen molar-refractivity contribution in [3.8, 4) is 11.9 Å². The van der Waals surface area contributed by atoms with Crippen LogP contribution in [0.25, 0.3) is 0 Å². The van der Waals surface area contributed by atoms with Crippen molar-refractivity contribution >= 4 is 11.8 Å². The van der Waals surface area contributed by atoms with Gasteiger partial charge < -0.3 is 24.0 Å². The van der Waals surface area contributed by atoms with Crippen molar-refractivity contribution in [2.45, 2.75) is 58.8 Å². The molecule has 1 aromatic heterocycles. The molecule has 1 aliphatic heterocycles. The lowest BCUT2D eigenvalue weighted by Crippen LogP contribution is -2.40. The first kappa shape index (κ1) is 26.6. The highest BCUT2D eigenvalue weighted by Crippen LogP contribution is 2.46. The molecule has 0 atom stereocenters. The van der Waals surface area contributed by atoms with Gasteiger partial charge in [-0.2, -0.15) is 9.97 Å². The number of nitrogens with zero attached hydrogens (tertiary/aromatic N) is 5. The molecular formula is C26H35N5O6. The van der Waals surface area contributed by atoms with Crippen LogP contribution in [0.5, 0.6) is 11.9 Å². The van der Waals surface area contributed by atoms with E-state index in [-0.39, 0.29) is 30.3 Å². The maximum atomic E-state index is 12.7. The average Bonchev–Trinajstić information content (AvgIpc) is 3.58. The molecule has 1 aliphatic carbocycles. The molecule has 0 N–H and O–H groups in total. The van der Waals surface area contributed by atoms with E-state index in [0.29, 0.717) is 36.7 Å². The Labute approximate surface area is 216 Å². The number of para-hydroxylation sites is 1. The summed E-state index contributed by atoms with van der Waals surface area (Å²) in [6.07, 6.45) is 2.20. The van der Waals surface area contributed by atoms with Crippen LogP contribution in [0.3, 0.4) is 0 Å². The van der Waals surface area contributed by atoms with Gasteiger partial charge >= 0.3 is 12.1 Å². The van der Waals surface area contributed by atoms with Crippen LogP contribution in [-0.2, 0) is 24.3 Å². The lowest BCUT2D eigenvalue weighted by molar-refractivity contribution is -0.385. The summed E-state index contributed by atoms with van der Waals surface area (Å²) in [7, 11) is 4.07. The fraction of sp³-hybridized carbons (Fsp3) is 0.577. The third-order valence-electron chi connectivity index (χ3n) is 6.33. The Morgan fingerprint density at radius 3 is 2.57 bits per heavy atom. The maximum absolute atomic E-state index is 12.7. The zero-order valence-electron chi connectivity index (χ0n) is 22.2. The summed E-state index contributed by atoms with van der Waals surface area (Å²) in [6, 6.07) is 6.63. The number of aromatic nitrogens is 2. The molecule has 2 aromatic rings. The second-order valence-corrected chi connectivity index (χ2v) is 11.1. The third kappa shape index (κ3) is 6.85. The molecule has 4 rings (SSSR count). The number of nitro groups is 1. The molecule has 0 bridgehead atoms. The van der Waals surface area contributed by atoms with Gasteiger partial charge in [0.05, 0.1) is 29.3 Å². The first-order valence-electron chi connectivity index (χ1n) is 12.5. The largest absolute Gasteiger partial charge is 0.472 e. The summed E-state index contributed by atoms with van der Waals surface area (Å²) in [4.78, 5) is 36.6. The van der Waals surface area contributed by atoms with Crippen molar-refractivity contribution in [2.24, 2.45) is 5.41 Å². The van der Waals surface area contributed by atoms with E-state index in [0.717, 1.165) is 24.9 Å². The second kappa shape index (κ2) is 10.5. The van der Waals surface area contributed by atoms with E-state index in [1.165, 1.54) is 6.07 Å². The Kier molecular flexibility index (Phi) is 7.54. The van der Waals surface area contributed by atoms with Gasteiger partial charge in [-0.3, -0.25) is 10.1 Å². The third-order valence-corrected chi connectivity index (χ3v) is 6.33. The monoisotopic (exact) mass is 513 g/mol. The van der Waals surface area contributed by atoms with Crippen molar-refractivity contribution < 1.29 is 23.9 Å². The van der Waals surface area contributed by atoms with E-state index in [2.05, 4.69) is 14.9 Å². The number of ether oxygens (including phenoxy) is 3. The van der Waals surface area contributed by atoms with Crippen molar-refractivity contribution in [2.75, 3.05) is 33.8 Å². The standard InChI is InChI=1S/C26H35N5O6/c1-25(2,3)37-24(32)30-13-10-19-20(14-30)27-23(36-17-26(11-12-26)16-29(4)5)28-22(19)35-15-18-8-6-7-9-21(18)31(33)34/h6-9H,10-17H2,1-5H3. The van der Waals surface area contributed by atoms with E-state index in [9.17, 15) is 14.9 Å². The van der Waals surface area contributed by atoms with E-state index in [1.54, 1.807) is 23.1 Å². The SMILES string of the molecule is CN(C)CC1(COc2nc3c(c(OCc4ccccc4[N+](=O)[O-])n2)CCN(C(=O)OC(C)(C)C)C3)CC1. The highest BCUT2D eigenvalue weighted by atomic mass is 16.6. The number of amides is 1. The molecule has 0 radical (unpaired) electrons. The van der Waals surface area contributed by atoms with Crippen LogP contribution in [0.4, 0.5) is 10.5 Å². The molecule has 11 heteroatoms. The van der Waals surface area contributed by atoms with Gasteiger partial charge in [0.25, 0.3) is 5.69 Å². The highest BCUT2D eigenvalue weighted by Gasteiger charge is 2.44. The smallest absolute Gasteiger partial charge is 0.410 e. The Bertz CT molecular complexity index is 1160. The second-order valence-electron chi connectivity index (χ2n) is 11.1. The Morgan fingerprint density at radius 1 is 1.19 bits per heavy atom. The first-order chi connectivity index (χ1) is 17.4. The summed E-state index contributed by atoms with van der Waals surface area (Å²) in [5, 5.41) is 11.4. The topological polar surface area (TPSA) is 120 Å². The van der Waals surface area contributed by atoms with E-state index >= 15 is 0 Å². The lowest BCUT2D eigenvalue weighted by Gasteiger charge is -2.31. The predicted octanol–water partition coefficient (Wildman–Crippen LogP) is 3.98. The van der Waals surface area contributed by atoms with Crippen molar-refractivity contribution in [1.29, 1.82) is 0 Å². The molecule has 0 spiro atoms. The molecule has 1 amide bonds. The summed E-state index contributed by atoms with van der Waals surface area (Å²) >= 11 is 0. The molecule has 2 aliphatic rings. The van der Waals surface area contributed by atoms with Gasteiger partial charge in [-0.1, -0.05) is 12.1 Å². The van der Waals surface area contributed by atoms with Crippen LogP contribution < -0.4 is 9.47 Å². The Hall–Kier alpha value is -3.47. The van der Waals surface area contributed by atoms with E-state index < -0.39 is 16.6 Å². The summed E-state index contributed by atoms with van der Waals surface area (Å²) in [6.45, 7) is 7.48. The van der Waals surface area contributed by atoms with Crippen LogP contribution in [0.2, 0.25) is 0 Å². The zero-order chi connectivity index (χ0) is 26.8. The van der Waals surface area contributed by atoms with Gasteiger partial charge in [0.1, 0.15) is 12.2 Å². The van der Waals surface area contributed by atoms with Crippen LogP contribution in [0, 0.1) is 15.5 Å². The van der Waals surface area contributed by atoms with E-state index in [1.807, 2.05) is 34.9 Å². The fourth-order valence-corrected chi connectivity index (χ4v) is 4.41. The highest BCUT2D eigenvalue weighted by molar-refractivity contribution is 5.68. The number of hydrogen-bond acceptors (Lipinski definition) is 9. The number of carbonyl (C=O) groups excluding carboxylic acids is 1. The van der Waals surface area contributed by atoms with Gasteiger partial charge in [0, 0.05) is 30.1 Å². The Morgan fingerprint density at radius 2 is 1.92 bits per heavy atom. The van der Waals surface area contributed by atoms with Crippen LogP contribution in [-0.4, -0.2) is 70.2 Å². The predicted molar refractivity (Wildman–Crippen MR) is 136 cm³/mol. The van der Waals surface area contributed by atoms with Gasteiger partial charge in [-0.25, -0.2) is 4.79 Å². The van der Waals surface area contributed by atoms with E-state index in [4.69, 9.17) is 14.2 Å². The number of fused-ring (bicyclic) bond motifs is 1. The molecule has 0 saturated heterocycles. The van der Waals surface area contributed by atoms with Gasteiger partial charge in [-0.15, -0.1) is 0 Å². The van der Waals surface area contributed by atoms with Gasteiger partial charge in [0.2, 0.25) is 5.88 Å². The molecule has 0 unspecified atom stereocenters. The van der Waals surface area contributed by atoms with Crippen molar-refractivity contribution in [3.05, 3.63) is 51.2 Å². The van der Waals surface area contributed by atoms with Gasteiger partial charge in [-0.05, 0) is 60.2 Å². The number of nitro benzene ring substituents is 1. The molecule has 1 fully saturated rings. The zero-order valence-corrected chi connectivity index (χ0v) is 22.2. The molecule has 1 aromatic carbocycles. The molecule has 200 valence electrons. The van der Waals surface area contributed by atoms with Crippen LogP contribution in [0.15, 0.2) is 24.3 Å². The van der Waals surface area contributed by atoms with Crippen molar-refractivity contribution in [1.82, 2.24) is 19.8 Å². The Balaban J connectivity index is 1.57. The van der Waals surface area contributed by atoms with Crippen LogP contribution >= 0.6 is 0 Å². The number of benzene rings is 1. The molecular weight excluding hydrogens is 478 g/mol. The average molecular weight is 514 g/mol. The lowest BCUT2D eigenvalue weighted by atomic mass is 10.1.